The molecule has 59 heavy (non-hydrogen) atoms. The Morgan fingerprint density at radius 3 is 2.08 bits per heavy atom. The third-order valence-electron chi connectivity index (χ3n) is 9.50. The van der Waals surface area contributed by atoms with Crippen LogP contribution in [0, 0.1) is 0 Å². The number of benzene rings is 3. The second kappa shape index (κ2) is 23.3. The number of alkyl halides is 3. The summed E-state index contributed by atoms with van der Waals surface area (Å²) < 4.78 is 61.4. The molecule has 0 atom stereocenters. The molecule has 1 fully saturated rings. The normalized spacial score (nSPS) is 13.0. The number of hydrogen-bond acceptors (Lipinski definition) is 9. The van der Waals surface area contributed by atoms with Crippen LogP contribution < -0.4 is 15.5 Å². The largest absolute Gasteiger partial charge is 0.481 e. The first-order valence-electron chi connectivity index (χ1n) is 19.8. The molecule has 0 unspecified atom stereocenters. The fourth-order valence-corrected chi connectivity index (χ4v) is 6.43. The summed E-state index contributed by atoms with van der Waals surface area (Å²) in [5, 5.41) is 14.3. The molecular weight excluding hydrogens is 769 g/mol. The Morgan fingerprint density at radius 1 is 0.712 bits per heavy atom. The van der Waals surface area contributed by atoms with Gasteiger partial charge in [-0.05, 0) is 97.8 Å². The molecule has 12 nitrogen and oxygen atoms in total. The number of carbonyl (C=O) groups excluding carboxylic acids is 2. The molecule has 0 aliphatic carbocycles. The number of carboxylic acids is 1. The van der Waals surface area contributed by atoms with Gasteiger partial charge >= 0.3 is 12.1 Å². The molecule has 1 saturated heterocycles. The number of carbonyl (C=O) groups is 3. The highest BCUT2D eigenvalue weighted by Gasteiger charge is 2.30. The van der Waals surface area contributed by atoms with Crippen molar-refractivity contribution in [2.24, 2.45) is 0 Å². The first kappa shape index (κ1) is 44.7. The first-order chi connectivity index (χ1) is 28.6. The summed E-state index contributed by atoms with van der Waals surface area (Å²) in [5.41, 5.74) is 3.82. The Hall–Kier alpha value is -5.35. The number of rotatable bonds is 23. The van der Waals surface area contributed by atoms with Crippen LogP contribution in [-0.4, -0.2) is 93.8 Å². The maximum Gasteiger partial charge on any atom is 0.416 e. The number of aryl methyl sites for hydroxylation is 1. The Kier molecular flexibility index (Phi) is 17.7. The topological polar surface area (TPSA) is 149 Å². The number of ether oxygens (including phenoxy) is 4. The highest BCUT2D eigenvalue weighted by molar-refractivity contribution is 6.06. The number of piperidine rings is 1. The van der Waals surface area contributed by atoms with Gasteiger partial charge in [-0.3, -0.25) is 19.4 Å². The molecule has 1 aromatic heterocycles. The zero-order valence-electron chi connectivity index (χ0n) is 32.9. The van der Waals surface area contributed by atoms with Crippen molar-refractivity contribution in [1.29, 1.82) is 0 Å². The maximum atomic E-state index is 13.7. The van der Waals surface area contributed by atoms with Gasteiger partial charge in [0.2, 0.25) is 0 Å². The maximum absolute atomic E-state index is 13.7. The summed E-state index contributed by atoms with van der Waals surface area (Å²) in [5.74, 6) is -1.68. The van der Waals surface area contributed by atoms with Crippen molar-refractivity contribution in [2.75, 3.05) is 76.2 Å². The summed E-state index contributed by atoms with van der Waals surface area (Å²) in [6, 6.07) is 21.2. The van der Waals surface area contributed by atoms with Gasteiger partial charge in [-0.1, -0.05) is 24.3 Å². The first-order valence-corrected chi connectivity index (χ1v) is 19.8. The van der Waals surface area contributed by atoms with Gasteiger partial charge in [0.25, 0.3) is 11.8 Å². The van der Waals surface area contributed by atoms with Gasteiger partial charge in [0.15, 0.2) is 0 Å². The van der Waals surface area contributed by atoms with Crippen molar-refractivity contribution < 1.29 is 51.6 Å². The predicted molar refractivity (Wildman–Crippen MR) is 217 cm³/mol. The molecule has 0 saturated carbocycles. The average molecular weight is 821 g/mol. The van der Waals surface area contributed by atoms with E-state index in [9.17, 15) is 27.6 Å². The van der Waals surface area contributed by atoms with Gasteiger partial charge in [0.1, 0.15) is 0 Å². The molecule has 3 N–H and O–H groups in total. The van der Waals surface area contributed by atoms with E-state index in [1.165, 1.54) is 24.4 Å². The molecule has 4 aromatic rings. The number of anilines is 2. The zero-order valence-corrected chi connectivity index (χ0v) is 32.9. The van der Waals surface area contributed by atoms with Gasteiger partial charge in [-0.25, -0.2) is 0 Å². The number of aliphatic carboxylic acids is 1. The average Bonchev–Trinajstić information content (AvgIpc) is 3.24. The number of halogens is 3. The predicted octanol–water partition coefficient (Wildman–Crippen LogP) is 7.41. The van der Waals surface area contributed by atoms with Crippen LogP contribution in [0.4, 0.5) is 24.5 Å². The van der Waals surface area contributed by atoms with Crippen molar-refractivity contribution in [2.45, 2.75) is 51.2 Å². The van der Waals surface area contributed by atoms with E-state index in [1.807, 2.05) is 36.4 Å². The molecule has 2 amide bonds. The minimum Gasteiger partial charge on any atom is -0.481 e. The van der Waals surface area contributed by atoms with E-state index < -0.39 is 23.6 Å². The lowest BCUT2D eigenvalue weighted by Gasteiger charge is -2.29. The number of pyridine rings is 1. The molecule has 1 aliphatic heterocycles. The quantitative estimate of drug-likeness (QED) is 0.0646. The van der Waals surface area contributed by atoms with Gasteiger partial charge in [0.05, 0.1) is 69.6 Å². The minimum atomic E-state index is -4.49. The second-order valence-electron chi connectivity index (χ2n) is 13.9. The standard InChI is InChI=1S/C44H51F3N4O8/c45-44(46,47)36-11-5-8-33(28-36)31-49-42(54)35-14-16-48-40(29-35)38-30-37(51-17-2-1-3-18-51)12-13-39(38)50-43(55)34-10-4-7-32(27-34)9-6-19-56-21-23-58-25-26-59-24-22-57-20-15-41(52)53/h4-5,7-8,10-14,16,27-30H,1-3,6,9,15,17-26,31H2,(H,49,54)(H,50,55)(H,52,53). The van der Waals surface area contributed by atoms with E-state index in [0.29, 0.717) is 80.7 Å². The molecule has 3 aromatic carbocycles. The molecule has 0 bridgehead atoms. The number of amides is 2. The van der Waals surface area contributed by atoms with Crippen LogP contribution in [0.15, 0.2) is 85.1 Å². The van der Waals surface area contributed by atoms with Crippen molar-refractivity contribution in [1.82, 2.24) is 10.3 Å². The molecule has 2 heterocycles. The Morgan fingerprint density at radius 2 is 1.37 bits per heavy atom. The SMILES string of the molecule is O=C(O)CCOCCOCCOCCOCCCc1cccc(C(=O)Nc2ccc(N3CCCCC3)cc2-c2cc(C(=O)NCc3cccc(C(F)(F)F)c3)ccn2)c1. The van der Waals surface area contributed by atoms with Crippen LogP contribution in [0.1, 0.15) is 69.5 Å². The van der Waals surface area contributed by atoms with E-state index in [4.69, 9.17) is 24.1 Å². The summed E-state index contributed by atoms with van der Waals surface area (Å²) in [6.45, 7) is 4.74. The Labute approximate surface area is 342 Å². The van der Waals surface area contributed by atoms with Gasteiger partial charge in [0, 0.05) is 54.8 Å². The summed E-state index contributed by atoms with van der Waals surface area (Å²) in [6.07, 6.45) is 1.72. The van der Waals surface area contributed by atoms with E-state index in [-0.39, 0.29) is 31.0 Å². The fourth-order valence-electron chi connectivity index (χ4n) is 6.43. The van der Waals surface area contributed by atoms with Crippen LogP contribution >= 0.6 is 0 Å². The second-order valence-corrected chi connectivity index (χ2v) is 13.9. The van der Waals surface area contributed by atoms with E-state index in [0.717, 1.165) is 62.2 Å². The van der Waals surface area contributed by atoms with Gasteiger partial charge in [-0.2, -0.15) is 13.2 Å². The van der Waals surface area contributed by atoms with Crippen LogP contribution in [-0.2, 0) is 42.9 Å². The van der Waals surface area contributed by atoms with E-state index in [1.54, 1.807) is 12.1 Å². The van der Waals surface area contributed by atoms with Gasteiger partial charge < -0.3 is 39.6 Å². The molecular formula is C44H51F3N4O8. The van der Waals surface area contributed by atoms with Crippen molar-refractivity contribution in [3.05, 3.63) is 113 Å². The summed E-state index contributed by atoms with van der Waals surface area (Å²) >= 11 is 0. The van der Waals surface area contributed by atoms with Crippen LogP contribution in [0.5, 0.6) is 0 Å². The number of nitrogens with zero attached hydrogens (tertiary/aromatic N) is 2. The van der Waals surface area contributed by atoms with Crippen LogP contribution in [0.25, 0.3) is 11.3 Å². The molecule has 0 radical (unpaired) electrons. The van der Waals surface area contributed by atoms with Crippen LogP contribution in [0.3, 0.4) is 0 Å². The summed E-state index contributed by atoms with van der Waals surface area (Å²) in [7, 11) is 0. The van der Waals surface area contributed by atoms with E-state index in [2.05, 4.69) is 20.5 Å². The van der Waals surface area contributed by atoms with Crippen molar-refractivity contribution in [3.63, 3.8) is 0 Å². The Balaban J connectivity index is 1.14. The monoisotopic (exact) mass is 820 g/mol. The molecule has 316 valence electrons. The van der Waals surface area contributed by atoms with Gasteiger partial charge in [-0.15, -0.1) is 0 Å². The summed E-state index contributed by atoms with van der Waals surface area (Å²) in [4.78, 5) is 44.2. The lowest BCUT2D eigenvalue weighted by Crippen LogP contribution is -2.29. The molecule has 5 rings (SSSR count). The third kappa shape index (κ3) is 15.1. The minimum absolute atomic E-state index is 0.0330. The number of aromatic nitrogens is 1. The number of carboxylic acid groups (broad SMARTS) is 1. The van der Waals surface area contributed by atoms with Crippen molar-refractivity contribution >= 4 is 29.2 Å². The highest BCUT2D eigenvalue weighted by Crippen LogP contribution is 2.33. The molecule has 1 aliphatic rings. The third-order valence-corrected chi connectivity index (χ3v) is 9.50. The fraction of sp³-hybridized carbons (Fsp3) is 0.409. The van der Waals surface area contributed by atoms with Crippen LogP contribution in [0.2, 0.25) is 0 Å². The lowest BCUT2D eigenvalue weighted by atomic mass is 10.0. The zero-order chi connectivity index (χ0) is 41.9. The lowest BCUT2D eigenvalue weighted by molar-refractivity contribution is -0.139. The molecule has 0 spiro atoms. The highest BCUT2D eigenvalue weighted by atomic mass is 19.4. The van der Waals surface area contributed by atoms with E-state index >= 15 is 0 Å². The number of hydrogen-bond donors (Lipinski definition) is 3. The smallest absolute Gasteiger partial charge is 0.416 e. The number of nitrogens with one attached hydrogen (secondary N) is 2. The van der Waals surface area contributed by atoms with Crippen molar-refractivity contribution in [3.8, 4) is 11.3 Å². The Bertz CT molecular complexity index is 1970. The molecule has 15 heteroatoms.